The summed E-state index contributed by atoms with van der Waals surface area (Å²) in [6, 6.07) is 0.193. The standard InChI is InChI=1S/C9H20N2O2S/c1-3-8(2)11-14(12,13)7-9-5-4-6-10-9/h8-11H,3-7H2,1-2H3. The molecule has 0 bridgehead atoms. The van der Waals surface area contributed by atoms with E-state index < -0.39 is 10.0 Å². The van der Waals surface area contributed by atoms with Crippen molar-refractivity contribution in [2.24, 2.45) is 0 Å². The van der Waals surface area contributed by atoms with Gasteiger partial charge in [-0.25, -0.2) is 13.1 Å². The first-order chi connectivity index (χ1) is 6.53. The quantitative estimate of drug-likeness (QED) is 0.707. The molecule has 0 aromatic rings. The van der Waals surface area contributed by atoms with Gasteiger partial charge < -0.3 is 5.32 Å². The molecule has 0 aliphatic carbocycles. The van der Waals surface area contributed by atoms with E-state index in [4.69, 9.17) is 0 Å². The van der Waals surface area contributed by atoms with Gasteiger partial charge in [-0.3, -0.25) is 0 Å². The zero-order valence-electron chi connectivity index (χ0n) is 8.91. The SMILES string of the molecule is CCC(C)NS(=O)(=O)CC1CCCN1. The fraction of sp³-hybridized carbons (Fsp3) is 1.00. The molecule has 1 fully saturated rings. The molecule has 0 radical (unpaired) electrons. The Morgan fingerprint density at radius 2 is 2.29 bits per heavy atom. The van der Waals surface area contributed by atoms with Gasteiger partial charge in [0.05, 0.1) is 5.75 Å². The fourth-order valence-electron chi connectivity index (χ4n) is 1.60. The van der Waals surface area contributed by atoms with Crippen LogP contribution in [0.2, 0.25) is 0 Å². The molecular formula is C9H20N2O2S. The minimum absolute atomic E-state index is 0.0430. The van der Waals surface area contributed by atoms with Crippen LogP contribution in [0.25, 0.3) is 0 Å². The van der Waals surface area contributed by atoms with Gasteiger partial charge in [0.2, 0.25) is 10.0 Å². The Labute approximate surface area is 86.5 Å². The van der Waals surface area contributed by atoms with Crippen LogP contribution >= 0.6 is 0 Å². The molecule has 0 aromatic heterocycles. The Bertz CT molecular complexity index is 258. The average molecular weight is 220 g/mol. The second kappa shape index (κ2) is 5.09. The summed E-state index contributed by atoms with van der Waals surface area (Å²) in [6.07, 6.45) is 2.89. The van der Waals surface area contributed by atoms with Crippen molar-refractivity contribution in [1.29, 1.82) is 0 Å². The van der Waals surface area contributed by atoms with Crippen molar-refractivity contribution >= 4 is 10.0 Å². The van der Waals surface area contributed by atoms with Gasteiger partial charge in [-0.2, -0.15) is 0 Å². The molecular weight excluding hydrogens is 200 g/mol. The first-order valence-electron chi connectivity index (χ1n) is 5.27. The van der Waals surface area contributed by atoms with E-state index in [-0.39, 0.29) is 17.8 Å². The molecule has 0 aromatic carbocycles. The normalized spacial score (nSPS) is 25.1. The summed E-state index contributed by atoms with van der Waals surface area (Å²) in [5.41, 5.74) is 0. The van der Waals surface area contributed by atoms with Gasteiger partial charge in [0.25, 0.3) is 0 Å². The number of hydrogen-bond acceptors (Lipinski definition) is 3. The van der Waals surface area contributed by atoms with E-state index in [0.717, 1.165) is 25.8 Å². The number of hydrogen-bond donors (Lipinski definition) is 2. The van der Waals surface area contributed by atoms with Gasteiger partial charge >= 0.3 is 0 Å². The lowest BCUT2D eigenvalue weighted by atomic mass is 10.3. The topological polar surface area (TPSA) is 58.2 Å². The molecule has 2 unspecified atom stereocenters. The fourth-order valence-corrected chi connectivity index (χ4v) is 3.29. The van der Waals surface area contributed by atoms with Crippen molar-refractivity contribution < 1.29 is 8.42 Å². The molecule has 0 amide bonds. The van der Waals surface area contributed by atoms with Crippen LogP contribution in [0.4, 0.5) is 0 Å². The first kappa shape index (κ1) is 11.9. The molecule has 1 saturated heterocycles. The van der Waals surface area contributed by atoms with Gasteiger partial charge in [-0.1, -0.05) is 6.92 Å². The lowest BCUT2D eigenvalue weighted by Gasteiger charge is -2.15. The van der Waals surface area contributed by atoms with Crippen molar-refractivity contribution in [1.82, 2.24) is 10.0 Å². The molecule has 4 nitrogen and oxygen atoms in total. The van der Waals surface area contributed by atoms with Crippen LogP contribution in [0.1, 0.15) is 33.1 Å². The van der Waals surface area contributed by atoms with Gasteiger partial charge in [-0.15, -0.1) is 0 Å². The van der Waals surface area contributed by atoms with Crippen LogP contribution in [0.5, 0.6) is 0 Å². The summed E-state index contributed by atoms with van der Waals surface area (Å²) in [5.74, 6) is 0.220. The largest absolute Gasteiger partial charge is 0.313 e. The molecule has 0 spiro atoms. The van der Waals surface area contributed by atoms with E-state index in [2.05, 4.69) is 10.0 Å². The molecule has 84 valence electrons. The van der Waals surface area contributed by atoms with Crippen molar-refractivity contribution in [3.05, 3.63) is 0 Å². The maximum atomic E-state index is 11.6. The summed E-state index contributed by atoms with van der Waals surface area (Å²) >= 11 is 0. The van der Waals surface area contributed by atoms with E-state index in [0.29, 0.717) is 0 Å². The van der Waals surface area contributed by atoms with Crippen LogP contribution in [0.15, 0.2) is 0 Å². The highest BCUT2D eigenvalue weighted by molar-refractivity contribution is 7.89. The smallest absolute Gasteiger partial charge is 0.213 e. The molecule has 14 heavy (non-hydrogen) atoms. The van der Waals surface area contributed by atoms with E-state index in [1.54, 1.807) is 0 Å². The van der Waals surface area contributed by atoms with Crippen LogP contribution in [0, 0.1) is 0 Å². The summed E-state index contributed by atoms with van der Waals surface area (Å²) < 4.78 is 25.9. The molecule has 2 atom stereocenters. The van der Waals surface area contributed by atoms with Crippen LogP contribution in [-0.2, 0) is 10.0 Å². The Morgan fingerprint density at radius 1 is 1.57 bits per heavy atom. The molecule has 1 aliphatic heterocycles. The minimum atomic E-state index is -3.09. The average Bonchev–Trinajstić information content (AvgIpc) is 2.54. The van der Waals surface area contributed by atoms with E-state index in [1.807, 2.05) is 13.8 Å². The third-order valence-electron chi connectivity index (χ3n) is 2.58. The zero-order chi connectivity index (χ0) is 10.6. The summed E-state index contributed by atoms with van der Waals surface area (Å²) in [7, 11) is -3.09. The first-order valence-corrected chi connectivity index (χ1v) is 6.92. The lowest BCUT2D eigenvalue weighted by Crippen LogP contribution is -2.40. The van der Waals surface area contributed by atoms with Crippen LogP contribution in [0.3, 0.4) is 0 Å². The maximum Gasteiger partial charge on any atom is 0.213 e. The van der Waals surface area contributed by atoms with Gasteiger partial charge in [0.15, 0.2) is 0 Å². The minimum Gasteiger partial charge on any atom is -0.313 e. The molecule has 1 aliphatic rings. The number of nitrogens with one attached hydrogen (secondary N) is 2. The Kier molecular flexibility index (Phi) is 4.34. The van der Waals surface area contributed by atoms with Gasteiger partial charge in [-0.05, 0) is 32.7 Å². The van der Waals surface area contributed by atoms with Crippen LogP contribution in [-0.4, -0.2) is 32.8 Å². The molecule has 1 heterocycles. The van der Waals surface area contributed by atoms with Gasteiger partial charge in [0, 0.05) is 12.1 Å². The van der Waals surface area contributed by atoms with Crippen molar-refractivity contribution in [2.75, 3.05) is 12.3 Å². The Balaban J connectivity index is 2.40. The molecule has 0 saturated carbocycles. The van der Waals surface area contributed by atoms with E-state index in [1.165, 1.54) is 0 Å². The lowest BCUT2D eigenvalue weighted by molar-refractivity contribution is 0.542. The van der Waals surface area contributed by atoms with Crippen LogP contribution < -0.4 is 10.0 Å². The predicted octanol–water partition coefficient (Wildman–Crippen LogP) is 0.456. The van der Waals surface area contributed by atoms with Gasteiger partial charge in [0.1, 0.15) is 0 Å². The summed E-state index contributed by atoms with van der Waals surface area (Å²) in [5, 5.41) is 3.18. The van der Waals surface area contributed by atoms with Crippen molar-refractivity contribution in [3.63, 3.8) is 0 Å². The highest BCUT2D eigenvalue weighted by Gasteiger charge is 2.22. The Morgan fingerprint density at radius 3 is 2.79 bits per heavy atom. The second-order valence-corrected chi connectivity index (χ2v) is 5.80. The number of sulfonamides is 1. The highest BCUT2D eigenvalue weighted by Crippen LogP contribution is 2.07. The molecule has 2 N–H and O–H groups in total. The van der Waals surface area contributed by atoms with E-state index in [9.17, 15) is 8.42 Å². The highest BCUT2D eigenvalue weighted by atomic mass is 32.2. The third-order valence-corrected chi connectivity index (χ3v) is 4.18. The third kappa shape index (κ3) is 3.94. The van der Waals surface area contributed by atoms with Crippen molar-refractivity contribution in [2.45, 2.75) is 45.2 Å². The monoisotopic (exact) mass is 220 g/mol. The van der Waals surface area contributed by atoms with Crippen molar-refractivity contribution in [3.8, 4) is 0 Å². The van der Waals surface area contributed by atoms with E-state index >= 15 is 0 Å². The second-order valence-electron chi connectivity index (χ2n) is 4.00. The summed E-state index contributed by atoms with van der Waals surface area (Å²) in [4.78, 5) is 0. The summed E-state index contributed by atoms with van der Waals surface area (Å²) in [6.45, 7) is 4.81. The number of rotatable bonds is 5. The molecule has 1 rings (SSSR count). The zero-order valence-corrected chi connectivity index (χ0v) is 9.73. The Hall–Kier alpha value is -0.130. The maximum absolute atomic E-state index is 11.6. The molecule has 5 heteroatoms. The predicted molar refractivity (Wildman–Crippen MR) is 57.7 cm³/mol.